The number of hydrogen-bond acceptors (Lipinski definition) is 4. The first-order chi connectivity index (χ1) is 9.08. The molecule has 2 rings (SSSR count). The predicted molar refractivity (Wildman–Crippen MR) is 75.1 cm³/mol. The molecule has 98 valence electrons. The number of nitrogens with one attached hydrogen (secondary N) is 2. The number of halogens is 1. The summed E-state index contributed by atoms with van der Waals surface area (Å²) in [6, 6.07) is 7.84. The average molecular weight is 341 g/mol. The number of rotatable bonds is 2. The summed E-state index contributed by atoms with van der Waals surface area (Å²) in [7, 11) is 0. The van der Waals surface area contributed by atoms with Gasteiger partial charge in [-0.25, -0.2) is 0 Å². The van der Waals surface area contributed by atoms with Crippen LogP contribution in [0.1, 0.15) is 20.0 Å². The third kappa shape index (κ3) is 3.33. The average Bonchev–Trinajstić information content (AvgIpc) is 2.92. The lowest BCUT2D eigenvalue weighted by Gasteiger charge is -2.08. The van der Waals surface area contributed by atoms with E-state index >= 15 is 0 Å². The number of benzene rings is 1. The van der Waals surface area contributed by atoms with Crippen LogP contribution in [0.3, 0.4) is 0 Å². The Morgan fingerprint density at radius 2 is 1.89 bits per heavy atom. The Kier molecular flexibility index (Phi) is 4.18. The Morgan fingerprint density at radius 1 is 1.16 bits per heavy atom. The number of thiophene rings is 1. The molecule has 0 aliphatic carbocycles. The smallest absolute Gasteiger partial charge is 0.279 e. The molecular formula is C12H9BrN2O3S. The number of amides is 2. The lowest BCUT2D eigenvalue weighted by molar-refractivity contribution is 0.0847. The molecule has 0 aliphatic heterocycles. The second kappa shape index (κ2) is 5.85. The molecule has 0 atom stereocenters. The zero-order valence-electron chi connectivity index (χ0n) is 9.51. The van der Waals surface area contributed by atoms with E-state index in [0.717, 1.165) is 0 Å². The van der Waals surface area contributed by atoms with Crippen molar-refractivity contribution >= 4 is 39.1 Å². The van der Waals surface area contributed by atoms with Crippen molar-refractivity contribution in [3.63, 3.8) is 0 Å². The van der Waals surface area contributed by atoms with Crippen LogP contribution in [0.15, 0.2) is 40.2 Å². The summed E-state index contributed by atoms with van der Waals surface area (Å²) in [5, 5.41) is 11.3. The second-order valence-corrected chi connectivity index (χ2v) is 5.41. The van der Waals surface area contributed by atoms with Crippen molar-refractivity contribution in [2.24, 2.45) is 0 Å². The van der Waals surface area contributed by atoms with Crippen LogP contribution in [0.25, 0.3) is 0 Å². The maximum absolute atomic E-state index is 11.8. The van der Waals surface area contributed by atoms with Crippen LogP contribution in [-0.4, -0.2) is 16.9 Å². The summed E-state index contributed by atoms with van der Waals surface area (Å²) in [4.78, 5) is 23.9. The first-order valence-electron chi connectivity index (χ1n) is 5.20. The molecule has 0 bridgehead atoms. The van der Waals surface area contributed by atoms with Gasteiger partial charge in [-0.05, 0) is 29.6 Å². The minimum atomic E-state index is -0.594. The van der Waals surface area contributed by atoms with Gasteiger partial charge in [-0.15, -0.1) is 11.3 Å². The fraction of sp³-hybridized carbons (Fsp3) is 0. The van der Waals surface area contributed by atoms with Crippen LogP contribution >= 0.6 is 27.3 Å². The molecule has 5 nitrogen and oxygen atoms in total. The molecule has 0 radical (unpaired) electrons. The molecule has 2 aromatic rings. The molecule has 0 saturated heterocycles. The SMILES string of the molecule is O=C(NNC(=O)c1cc(Br)ccc1O)c1cccs1. The van der Waals surface area contributed by atoms with Gasteiger partial charge in [0.1, 0.15) is 5.75 Å². The number of hydrazine groups is 1. The summed E-state index contributed by atoms with van der Waals surface area (Å²) >= 11 is 4.46. The lowest BCUT2D eigenvalue weighted by Crippen LogP contribution is -2.41. The van der Waals surface area contributed by atoms with E-state index in [9.17, 15) is 14.7 Å². The molecule has 3 N–H and O–H groups in total. The Bertz CT molecular complexity index is 613. The van der Waals surface area contributed by atoms with Crippen LogP contribution in [0.5, 0.6) is 5.75 Å². The summed E-state index contributed by atoms with van der Waals surface area (Å²) in [5.41, 5.74) is 4.59. The van der Waals surface area contributed by atoms with Gasteiger partial charge in [0.2, 0.25) is 0 Å². The number of carbonyl (C=O) groups excluding carboxylic acids is 2. The summed E-state index contributed by atoms with van der Waals surface area (Å²) in [6.07, 6.45) is 0. The van der Waals surface area contributed by atoms with Crippen LogP contribution in [0.2, 0.25) is 0 Å². The van der Waals surface area contributed by atoms with Gasteiger partial charge in [0.15, 0.2) is 0 Å². The lowest BCUT2D eigenvalue weighted by atomic mass is 10.2. The number of phenols is 1. The van der Waals surface area contributed by atoms with E-state index in [2.05, 4.69) is 26.8 Å². The number of hydrogen-bond donors (Lipinski definition) is 3. The van der Waals surface area contributed by atoms with Gasteiger partial charge < -0.3 is 5.11 Å². The Balaban J connectivity index is 2.02. The molecule has 1 heterocycles. The van der Waals surface area contributed by atoms with E-state index in [4.69, 9.17) is 0 Å². The van der Waals surface area contributed by atoms with Crippen LogP contribution in [0.4, 0.5) is 0 Å². The maximum atomic E-state index is 11.8. The van der Waals surface area contributed by atoms with Gasteiger partial charge >= 0.3 is 0 Å². The number of aromatic hydroxyl groups is 1. The van der Waals surface area contributed by atoms with Gasteiger partial charge in [-0.3, -0.25) is 20.4 Å². The van der Waals surface area contributed by atoms with Gasteiger partial charge in [0.25, 0.3) is 11.8 Å². The zero-order valence-corrected chi connectivity index (χ0v) is 11.9. The van der Waals surface area contributed by atoms with Crippen LogP contribution in [-0.2, 0) is 0 Å². The summed E-state index contributed by atoms with van der Waals surface area (Å²) in [5.74, 6) is -1.16. The number of phenolic OH excluding ortho intramolecular Hbond substituents is 1. The third-order valence-electron chi connectivity index (χ3n) is 2.24. The zero-order chi connectivity index (χ0) is 13.8. The molecule has 0 aliphatic rings. The van der Waals surface area contributed by atoms with Crippen molar-refractivity contribution in [3.05, 3.63) is 50.6 Å². The molecule has 1 aromatic carbocycles. The van der Waals surface area contributed by atoms with Crippen molar-refractivity contribution in [1.82, 2.24) is 10.9 Å². The molecule has 0 unspecified atom stereocenters. The minimum absolute atomic E-state index is 0.0702. The standard InChI is InChI=1S/C12H9BrN2O3S/c13-7-3-4-9(16)8(6-7)11(17)14-15-12(18)10-2-1-5-19-10/h1-6,16H,(H,14,17)(H,15,18). The van der Waals surface area contributed by atoms with Crippen molar-refractivity contribution in [3.8, 4) is 5.75 Å². The molecule has 7 heteroatoms. The highest BCUT2D eigenvalue weighted by Crippen LogP contribution is 2.21. The molecule has 1 aromatic heterocycles. The molecule has 2 amide bonds. The van der Waals surface area contributed by atoms with E-state index in [1.54, 1.807) is 23.6 Å². The molecule has 0 spiro atoms. The Morgan fingerprint density at radius 3 is 2.58 bits per heavy atom. The number of carbonyl (C=O) groups is 2. The van der Waals surface area contributed by atoms with E-state index in [0.29, 0.717) is 9.35 Å². The quantitative estimate of drug-likeness (QED) is 0.734. The predicted octanol–water partition coefficient (Wildman–Crippen LogP) is 2.29. The molecule has 19 heavy (non-hydrogen) atoms. The van der Waals surface area contributed by atoms with Gasteiger partial charge in [-0.1, -0.05) is 22.0 Å². The highest BCUT2D eigenvalue weighted by Gasteiger charge is 2.13. The van der Waals surface area contributed by atoms with Crippen molar-refractivity contribution < 1.29 is 14.7 Å². The summed E-state index contributed by atoms with van der Waals surface area (Å²) < 4.78 is 0.653. The fourth-order valence-corrected chi connectivity index (χ4v) is 2.32. The minimum Gasteiger partial charge on any atom is -0.507 e. The molecular weight excluding hydrogens is 332 g/mol. The van der Waals surface area contributed by atoms with E-state index in [1.807, 2.05) is 0 Å². The Hall–Kier alpha value is -1.86. The topological polar surface area (TPSA) is 78.4 Å². The highest BCUT2D eigenvalue weighted by atomic mass is 79.9. The van der Waals surface area contributed by atoms with Gasteiger partial charge in [0, 0.05) is 4.47 Å². The second-order valence-electron chi connectivity index (χ2n) is 3.55. The maximum Gasteiger partial charge on any atom is 0.279 e. The Labute approximate surface area is 121 Å². The molecule has 0 fully saturated rings. The van der Waals surface area contributed by atoms with E-state index < -0.39 is 11.8 Å². The normalized spacial score (nSPS) is 9.95. The van der Waals surface area contributed by atoms with E-state index in [1.165, 1.54) is 23.5 Å². The van der Waals surface area contributed by atoms with Crippen molar-refractivity contribution in [2.75, 3.05) is 0 Å². The van der Waals surface area contributed by atoms with E-state index in [-0.39, 0.29) is 11.3 Å². The van der Waals surface area contributed by atoms with Crippen molar-refractivity contribution in [1.29, 1.82) is 0 Å². The first-order valence-corrected chi connectivity index (χ1v) is 6.88. The summed E-state index contributed by atoms with van der Waals surface area (Å²) in [6.45, 7) is 0. The van der Waals surface area contributed by atoms with Crippen LogP contribution < -0.4 is 10.9 Å². The largest absolute Gasteiger partial charge is 0.507 e. The van der Waals surface area contributed by atoms with Gasteiger partial charge in [0.05, 0.1) is 10.4 Å². The highest BCUT2D eigenvalue weighted by molar-refractivity contribution is 9.10. The third-order valence-corrected chi connectivity index (χ3v) is 3.60. The first kappa shape index (κ1) is 13.6. The fourth-order valence-electron chi connectivity index (χ4n) is 1.34. The van der Waals surface area contributed by atoms with Crippen LogP contribution in [0, 0.1) is 0 Å². The van der Waals surface area contributed by atoms with Crippen molar-refractivity contribution in [2.45, 2.75) is 0 Å². The monoisotopic (exact) mass is 340 g/mol. The van der Waals surface area contributed by atoms with Gasteiger partial charge in [-0.2, -0.15) is 0 Å². The molecule has 0 saturated carbocycles.